The van der Waals surface area contributed by atoms with E-state index in [-0.39, 0.29) is 5.41 Å². The van der Waals surface area contributed by atoms with Crippen LogP contribution >= 0.6 is 0 Å². The Kier molecular flexibility index (Phi) is 4.39. The van der Waals surface area contributed by atoms with E-state index in [1.54, 1.807) is 6.07 Å². The summed E-state index contributed by atoms with van der Waals surface area (Å²) in [5.74, 6) is 1.91. The first-order valence-electron chi connectivity index (χ1n) is 7.36. The summed E-state index contributed by atoms with van der Waals surface area (Å²) in [7, 11) is 1.92. The Morgan fingerprint density at radius 2 is 1.95 bits per heavy atom. The van der Waals surface area contributed by atoms with E-state index >= 15 is 0 Å². The smallest absolute Gasteiger partial charge is 0.138 e. The molecule has 1 aromatic rings. The Labute approximate surface area is 126 Å². The van der Waals surface area contributed by atoms with Crippen LogP contribution in [0.3, 0.4) is 0 Å². The van der Waals surface area contributed by atoms with Crippen LogP contribution in [-0.2, 0) is 10.2 Å². The Morgan fingerprint density at radius 3 is 2.52 bits per heavy atom. The molecule has 0 radical (unpaired) electrons. The molecule has 6 heteroatoms. The molecule has 1 aliphatic heterocycles. The fraction of sp³-hybridized carbons (Fsp3) is 0.733. The van der Waals surface area contributed by atoms with Crippen LogP contribution in [0.5, 0.6) is 0 Å². The van der Waals surface area contributed by atoms with Gasteiger partial charge in [0.25, 0.3) is 0 Å². The molecule has 6 nitrogen and oxygen atoms in total. The van der Waals surface area contributed by atoms with Crippen LogP contribution in [-0.4, -0.2) is 47.5 Å². The zero-order valence-electron chi connectivity index (χ0n) is 13.4. The minimum atomic E-state index is -0.728. The van der Waals surface area contributed by atoms with E-state index in [1.165, 1.54) is 0 Å². The lowest BCUT2D eigenvalue weighted by atomic mass is 9.94. The second kappa shape index (κ2) is 5.77. The zero-order chi connectivity index (χ0) is 15.7. The molecule has 1 aromatic heterocycles. The third-order valence-corrected chi connectivity index (χ3v) is 3.75. The number of nitrogen functional groups attached to an aromatic ring is 1. The minimum Gasteiger partial charge on any atom is -0.388 e. The summed E-state index contributed by atoms with van der Waals surface area (Å²) < 4.78 is 5.31. The number of aromatic nitrogens is 2. The van der Waals surface area contributed by atoms with Gasteiger partial charge in [0.2, 0.25) is 0 Å². The van der Waals surface area contributed by atoms with Crippen LogP contribution in [0.15, 0.2) is 6.07 Å². The molecule has 0 unspecified atom stereocenters. The first-order valence-corrected chi connectivity index (χ1v) is 7.36. The van der Waals surface area contributed by atoms with Gasteiger partial charge in [0.05, 0.1) is 5.60 Å². The maximum absolute atomic E-state index is 10.6. The minimum absolute atomic E-state index is 0.166. The molecule has 118 valence electrons. The molecule has 0 aliphatic carbocycles. The SMILES string of the molecule is CN(CC1(O)CCOCC1)c1cc(N)nc(C(C)(C)C)n1. The summed E-state index contributed by atoms with van der Waals surface area (Å²) in [5, 5.41) is 10.6. The Balaban J connectivity index is 2.19. The summed E-state index contributed by atoms with van der Waals surface area (Å²) in [4.78, 5) is 10.8. The summed E-state index contributed by atoms with van der Waals surface area (Å²) in [6.45, 7) is 7.87. The van der Waals surface area contributed by atoms with E-state index in [1.807, 2.05) is 11.9 Å². The summed E-state index contributed by atoms with van der Waals surface area (Å²) in [5.41, 5.74) is 5.01. The molecule has 0 bridgehead atoms. The van der Waals surface area contributed by atoms with E-state index < -0.39 is 5.60 Å². The highest BCUT2D eigenvalue weighted by atomic mass is 16.5. The van der Waals surface area contributed by atoms with Gasteiger partial charge in [-0.05, 0) is 0 Å². The van der Waals surface area contributed by atoms with Gasteiger partial charge in [-0.25, -0.2) is 9.97 Å². The largest absolute Gasteiger partial charge is 0.388 e. The quantitative estimate of drug-likeness (QED) is 0.875. The number of hydrogen-bond donors (Lipinski definition) is 2. The van der Waals surface area contributed by atoms with Gasteiger partial charge in [-0.3, -0.25) is 0 Å². The molecule has 2 heterocycles. The molecular formula is C15H26N4O2. The zero-order valence-corrected chi connectivity index (χ0v) is 13.4. The number of likely N-dealkylation sites (N-methyl/N-ethyl adjacent to an activating group) is 1. The van der Waals surface area contributed by atoms with Crippen LogP contribution in [0.25, 0.3) is 0 Å². The van der Waals surface area contributed by atoms with E-state index in [4.69, 9.17) is 10.5 Å². The van der Waals surface area contributed by atoms with Crippen LogP contribution in [0.4, 0.5) is 11.6 Å². The van der Waals surface area contributed by atoms with Gasteiger partial charge in [-0.1, -0.05) is 20.8 Å². The Hall–Kier alpha value is -1.40. The highest BCUT2D eigenvalue weighted by Gasteiger charge is 2.32. The maximum atomic E-state index is 10.6. The molecule has 0 amide bonds. The van der Waals surface area contributed by atoms with Crippen molar-refractivity contribution in [1.29, 1.82) is 0 Å². The number of nitrogens with zero attached hydrogens (tertiary/aromatic N) is 3. The molecule has 3 N–H and O–H groups in total. The van der Waals surface area contributed by atoms with Gasteiger partial charge in [0, 0.05) is 51.1 Å². The Morgan fingerprint density at radius 1 is 1.33 bits per heavy atom. The van der Waals surface area contributed by atoms with Crippen LogP contribution < -0.4 is 10.6 Å². The second-order valence-corrected chi connectivity index (χ2v) is 6.92. The highest BCUT2D eigenvalue weighted by molar-refractivity contribution is 5.47. The topological polar surface area (TPSA) is 84.5 Å². The van der Waals surface area contributed by atoms with Gasteiger partial charge in [-0.2, -0.15) is 0 Å². The second-order valence-electron chi connectivity index (χ2n) is 6.92. The van der Waals surface area contributed by atoms with Crippen molar-refractivity contribution in [3.8, 4) is 0 Å². The number of ether oxygens (including phenoxy) is 1. The van der Waals surface area contributed by atoms with Gasteiger partial charge in [0.1, 0.15) is 17.5 Å². The summed E-state index contributed by atoms with van der Waals surface area (Å²) in [6.07, 6.45) is 1.29. The lowest BCUT2D eigenvalue weighted by Crippen LogP contribution is -2.46. The monoisotopic (exact) mass is 294 g/mol. The molecule has 0 aromatic carbocycles. The van der Waals surface area contributed by atoms with Gasteiger partial charge in [0.15, 0.2) is 0 Å². The fourth-order valence-corrected chi connectivity index (χ4v) is 2.42. The third kappa shape index (κ3) is 4.04. The van der Waals surface area contributed by atoms with Crippen LogP contribution in [0, 0.1) is 0 Å². The molecule has 21 heavy (non-hydrogen) atoms. The average molecular weight is 294 g/mol. The third-order valence-electron chi connectivity index (χ3n) is 3.75. The van der Waals surface area contributed by atoms with Crippen molar-refractivity contribution in [3.63, 3.8) is 0 Å². The first-order chi connectivity index (χ1) is 9.70. The molecule has 0 spiro atoms. The first kappa shape index (κ1) is 16.0. The van der Waals surface area contributed by atoms with E-state index in [9.17, 15) is 5.11 Å². The number of anilines is 2. The van der Waals surface area contributed by atoms with E-state index in [0.717, 1.165) is 5.82 Å². The lowest BCUT2D eigenvalue weighted by Gasteiger charge is -2.36. The van der Waals surface area contributed by atoms with Crippen LogP contribution in [0.2, 0.25) is 0 Å². The predicted molar refractivity (Wildman–Crippen MR) is 83.4 cm³/mol. The highest BCUT2D eigenvalue weighted by Crippen LogP contribution is 2.26. The molecule has 1 fully saturated rings. The van der Waals surface area contributed by atoms with Crippen molar-refractivity contribution in [2.24, 2.45) is 0 Å². The van der Waals surface area contributed by atoms with Crippen molar-refractivity contribution in [1.82, 2.24) is 9.97 Å². The normalized spacial score (nSPS) is 18.5. The number of rotatable bonds is 3. The van der Waals surface area contributed by atoms with Crippen molar-refractivity contribution in [2.45, 2.75) is 44.6 Å². The van der Waals surface area contributed by atoms with Crippen molar-refractivity contribution >= 4 is 11.6 Å². The van der Waals surface area contributed by atoms with Gasteiger partial charge < -0.3 is 20.5 Å². The van der Waals surface area contributed by atoms with Crippen LogP contribution in [0.1, 0.15) is 39.4 Å². The van der Waals surface area contributed by atoms with Crippen molar-refractivity contribution in [3.05, 3.63) is 11.9 Å². The predicted octanol–water partition coefficient (Wildman–Crippen LogP) is 1.33. The number of hydrogen-bond acceptors (Lipinski definition) is 6. The average Bonchev–Trinajstić information content (AvgIpc) is 2.37. The molecular weight excluding hydrogens is 268 g/mol. The molecule has 1 saturated heterocycles. The van der Waals surface area contributed by atoms with Gasteiger partial charge >= 0.3 is 0 Å². The summed E-state index contributed by atoms with van der Waals surface area (Å²) >= 11 is 0. The molecule has 2 rings (SSSR count). The fourth-order valence-electron chi connectivity index (χ4n) is 2.42. The van der Waals surface area contributed by atoms with E-state index in [2.05, 4.69) is 30.7 Å². The maximum Gasteiger partial charge on any atom is 0.138 e. The molecule has 0 saturated carbocycles. The number of nitrogens with two attached hydrogens (primary N) is 1. The lowest BCUT2D eigenvalue weighted by molar-refractivity contribution is -0.0573. The van der Waals surface area contributed by atoms with E-state index in [0.29, 0.717) is 44.2 Å². The standard InChI is InChI=1S/C15H26N4O2/c1-14(2,3)13-17-11(16)9-12(18-13)19(4)10-15(20)5-7-21-8-6-15/h9,20H,5-8,10H2,1-4H3,(H2,16,17,18). The Bertz CT molecular complexity index is 493. The molecule has 0 atom stereocenters. The van der Waals surface area contributed by atoms with Crippen molar-refractivity contribution in [2.75, 3.05) is 37.4 Å². The number of aliphatic hydroxyl groups is 1. The molecule has 1 aliphatic rings. The summed E-state index contributed by atoms with van der Waals surface area (Å²) in [6, 6.07) is 1.75. The van der Waals surface area contributed by atoms with Gasteiger partial charge in [-0.15, -0.1) is 0 Å². The van der Waals surface area contributed by atoms with Crippen molar-refractivity contribution < 1.29 is 9.84 Å².